The number of aromatic nitrogens is 2. The maximum absolute atomic E-state index is 12.5. The van der Waals surface area contributed by atoms with E-state index in [-0.39, 0.29) is 18.4 Å². The predicted molar refractivity (Wildman–Crippen MR) is 116 cm³/mol. The van der Waals surface area contributed by atoms with Crippen molar-refractivity contribution in [2.24, 2.45) is 5.92 Å². The van der Waals surface area contributed by atoms with Gasteiger partial charge in [-0.1, -0.05) is 52.6 Å². The Morgan fingerprint density at radius 3 is 2.57 bits per heavy atom. The summed E-state index contributed by atoms with van der Waals surface area (Å²) in [5.41, 5.74) is 1.93. The highest BCUT2D eigenvalue weighted by Crippen LogP contribution is 2.25. The Balaban J connectivity index is 1.24. The van der Waals surface area contributed by atoms with E-state index >= 15 is 0 Å². The molecule has 1 aromatic heterocycles. The fourth-order valence-corrected chi connectivity index (χ4v) is 3.93. The van der Waals surface area contributed by atoms with E-state index in [9.17, 15) is 4.79 Å². The van der Waals surface area contributed by atoms with Crippen molar-refractivity contribution in [2.45, 2.75) is 25.9 Å². The van der Waals surface area contributed by atoms with Crippen molar-refractivity contribution in [1.29, 1.82) is 0 Å². The van der Waals surface area contributed by atoms with Gasteiger partial charge in [-0.05, 0) is 55.8 Å². The van der Waals surface area contributed by atoms with Crippen LogP contribution in [0.1, 0.15) is 24.3 Å². The first-order chi connectivity index (χ1) is 14.6. The number of hydrogen-bond donors (Lipinski definition) is 1. The van der Waals surface area contributed by atoms with Crippen LogP contribution in [0.5, 0.6) is 0 Å². The van der Waals surface area contributed by atoms with Crippen LogP contribution in [-0.2, 0) is 17.9 Å². The van der Waals surface area contributed by atoms with Crippen LogP contribution >= 0.6 is 23.2 Å². The van der Waals surface area contributed by atoms with Crippen LogP contribution in [0.25, 0.3) is 11.4 Å². The summed E-state index contributed by atoms with van der Waals surface area (Å²) in [6.45, 7) is 2.86. The highest BCUT2D eigenvalue weighted by atomic mass is 35.5. The summed E-state index contributed by atoms with van der Waals surface area (Å²) >= 11 is 12.1. The largest absolute Gasteiger partial charge is 0.347 e. The topological polar surface area (TPSA) is 71.3 Å². The molecule has 0 radical (unpaired) electrons. The minimum atomic E-state index is -0.00238. The first-order valence-electron chi connectivity index (χ1n) is 9.90. The van der Waals surface area contributed by atoms with Crippen molar-refractivity contribution in [3.05, 3.63) is 70.0 Å². The molecule has 0 bridgehead atoms. The summed E-state index contributed by atoms with van der Waals surface area (Å²) in [5.74, 6) is 0.801. The van der Waals surface area contributed by atoms with Gasteiger partial charge in [0.25, 0.3) is 0 Å². The molecule has 0 saturated carbocycles. The lowest BCUT2D eigenvalue weighted by Crippen LogP contribution is -2.40. The predicted octanol–water partition coefficient (Wildman–Crippen LogP) is 4.57. The molecule has 1 aliphatic rings. The molecule has 2 heterocycles. The lowest BCUT2D eigenvalue weighted by Gasteiger charge is -2.31. The quantitative estimate of drug-likeness (QED) is 0.602. The van der Waals surface area contributed by atoms with Crippen molar-refractivity contribution in [3.63, 3.8) is 0 Å². The Morgan fingerprint density at radius 2 is 1.83 bits per heavy atom. The Labute approximate surface area is 185 Å². The van der Waals surface area contributed by atoms with Gasteiger partial charge in [0, 0.05) is 23.0 Å². The normalized spacial score (nSPS) is 15.3. The summed E-state index contributed by atoms with van der Waals surface area (Å²) in [6, 6.07) is 15.2. The van der Waals surface area contributed by atoms with Crippen molar-refractivity contribution in [1.82, 2.24) is 20.4 Å². The van der Waals surface area contributed by atoms with Gasteiger partial charge in [-0.3, -0.25) is 9.69 Å². The molecule has 1 aliphatic heterocycles. The van der Waals surface area contributed by atoms with E-state index in [1.165, 1.54) is 5.56 Å². The molecule has 1 amide bonds. The van der Waals surface area contributed by atoms with Gasteiger partial charge in [0.15, 0.2) is 0 Å². The van der Waals surface area contributed by atoms with Gasteiger partial charge in [0.1, 0.15) is 0 Å². The molecular formula is C22H22Cl2N4O2. The molecule has 0 atom stereocenters. The van der Waals surface area contributed by atoms with E-state index < -0.39 is 0 Å². The molecule has 4 rings (SSSR count). The average molecular weight is 445 g/mol. The Hall–Kier alpha value is -2.41. The number of benzene rings is 2. The number of rotatable bonds is 6. The molecule has 0 spiro atoms. The third kappa shape index (κ3) is 5.19. The number of amides is 1. The number of halogens is 2. The Morgan fingerprint density at radius 1 is 1.10 bits per heavy atom. The monoisotopic (exact) mass is 444 g/mol. The molecule has 30 heavy (non-hydrogen) atoms. The molecule has 0 aliphatic carbocycles. The number of nitrogens with zero attached hydrogens (tertiary/aromatic N) is 3. The van der Waals surface area contributed by atoms with Gasteiger partial charge in [-0.2, -0.15) is 4.98 Å². The fourth-order valence-electron chi connectivity index (χ4n) is 3.59. The first kappa shape index (κ1) is 20.8. The number of carbonyl (C=O) groups excluding carboxylic acids is 1. The number of piperidine rings is 1. The van der Waals surface area contributed by atoms with E-state index in [4.69, 9.17) is 27.7 Å². The fraction of sp³-hybridized carbons (Fsp3) is 0.318. The first-order valence-corrected chi connectivity index (χ1v) is 10.7. The van der Waals surface area contributed by atoms with Crippen LogP contribution < -0.4 is 5.32 Å². The molecule has 8 heteroatoms. The zero-order chi connectivity index (χ0) is 20.9. The van der Waals surface area contributed by atoms with Crippen molar-refractivity contribution < 1.29 is 9.32 Å². The number of carbonyl (C=O) groups is 1. The van der Waals surface area contributed by atoms with Crippen molar-refractivity contribution in [3.8, 4) is 11.4 Å². The highest BCUT2D eigenvalue weighted by molar-refractivity contribution is 6.33. The third-order valence-electron chi connectivity index (χ3n) is 5.27. The SMILES string of the molecule is O=C(NCc1nc(-c2ccccc2Cl)no1)C1CCN(Cc2ccc(Cl)cc2)CC1. The minimum Gasteiger partial charge on any atom is -0.347 e. The lowest BCUT2D eigenvalue weighted by molar-refractivity contribution is -0.126. The standard InChI is InChI=1S/C22H22Cl2N4O2/c23-17-7-5-15(6-8-17)14-28-11-9-16(10-12-28)22(29)25-13-20-26-21(27-30-20)18-3-1-2-4-19(18)24/h1-8,16H,9-14H2,(H,25,29). The molecule has 1 saturated heterocycles. The summed E-state index contributed by atoms with van der Waals surface area (Å²) in [7, 11) is 0. The molecule has 1 fully saturated rings. The maximum Gasteiger partial charge on any atom is 0.246 e. The Bertz CT molecular complexity index is 998. The summed E-state index contributed by atoms with van der Waals surface area (Å²) in [6.07, 6.45) is 1.66. The van der Waals surface area contributed by atoms with Gasteiger partial charge >= 0.3 is 0 Å². The van der Waals surface area contributed by atoms with Gasteiger partial charge in [-0.25, -0.2) is 0 Å². The number of likely N-dealkylation sites (tertiary alicyclic amines) is 1. The van der Waals surface area contributed by atoms with Crippen molar-refractivity contribution >= 4 is 29.1 Å². The summed E-state index contributed by atoms with van der Waals surface area (Å²) in [4.78, 5) is 19.2. The van der Waals surface area contributed by atoms with Crippen LogP contribution in [0.15, 0.2) is 53.1 Å². The maximum atomic E-state index is 12.5. The van der Waals surface area contributed by atoms with Crippen LogP contribution in [0, 0.1) is 5.92 Å². The molecule has 6 nitrogen and oxygen atoms in total. The number of nitrogens with one attached hydrogen (secondary N) is 1. The number of hydrogen-bond acceptors (Lipinski definition) is 5. The summed E-state index contributed by atoms with van der Waals surface area (Å²) in [5, 5.41) is 8.17. The molecule has 1 N–H and O–H groups in total. The van der Waals surface area contributed by atoms with Gasteiger partial charge < -0.3 is 9.84 Å². The zero-order valence-electron chi connectivity index (χ0n) is 16.4. The molecule has 0 unspecified atom stereocenters. The Kier molecular flexibility index (Phi) is 6.67. The van der Waals surface area contributed by atoms with Crippen LogP contribution in [0.3, 0.4) is 0 Å². The van der Waals surface area contributed by atoms with Gasteiger partial charge in [0.2, 0.25) is 17.6 Å². The zero-order valence-corrected chi connectivity index (χ0v) is 17.9. The molecule has 3 aromatic rings. The second-order valence-electron chi connectivity index (χ2n) is 7.39. The van der Waals surface area contributed by atoms with Gasteiger partial charge in [0.05, 0.1) is 11.6 Å². The smallest absolute Gasteiger partial charge is 0.246 e. The second kappa shape index (κ2) is 9.60. The molecular weight excluding hydrogens is 423 g/mol. The average Bonchev–Trinajstić information content (AvgIpc) is 3.23. The van der Waals surface area contributed by atoms with E-state index in [1.54, 1.807) is 6.07 Å². The third-order valence-corrected chi connectivity index (χ3v) is 5.86. The van der Waals surface area contributed by atoms with E-state index in [0.717, 1.165) is 37.5 Å². The lowest BCUT2D eigenvalue weighted by atomic mass is 9.95. The van der Waals surface area contributed by atoms with E-state index in [1.807, 2.05) is 42.5 Å². The summed E-state index contributed by atoms with van der Waals surface area (Å²) < 4.78 is 5.25. The minimum absolute atomic E-state index is 0.00238. The van der Waals surface area contributed by atoms with Crippen LogP contribution in [0.2, 0.25) is 10.0 Å². The van der Waals surface area contributed by atoms with Crippen LogP contribution in [0.4, 0.5) is 0 Å². The van der Waals surface area contributed by atoms with E-state index in [2.05, 4.69) is 20.4 Å². The molecule has 2 aromatic carbocycles. The van der Waals surface area contributed by atoms with Crippen LogP contribution in [-0.4, -0.2) is 34.0 Å². The second-order valence-corrected chi connectivity index (χ2v) is 8.23. The van der Waals surface area contributed by atoms with E-state index in [0.29, 0.717) is 22.3 Å². The highest BCUT2D eigenvalue weighted by Gasteiger charge is 2.25. The molecule has 156 valence electrons. The van der Waals surface area contributed by atoms with Gasteiger partial charge in [-0.15, -0.1) is 0 Å². The van der Waals surface area contributed by atoms with Crippen molar-refractivity contribution in [2.75, 3.05) is 13.1 Å².